The molecule has 3 amide bonds. The Morgan fingerprint density at radius 1 is 0.818 bits per heavy atom. The largest absolute Gasteiger partial charge is 0.321 e. The van der Waals surface area contributed by atoms with E-state index in [0.717, 1.165) is 11.8 Å². The molecule has 0 saturated carbocycles. The summed E-state index contributed by atoms with van der Waals surface area (Å²) in [4.78, 5) is 39.3. The molecule has 0 saturated heterocycles. The monoisotopic (exact) mass is 661 g/mol. The first-order valence-corrected chi connectivity index (χ1v) is 14.3. The van der Waals surface area contributed by atoms with Crippen molar-refractivity contribution in [3.8, 4) is 0 Å². The molecule has 0 fully saturated rings. The Morgan fingerprint density at radius 3 is 2.16 bits per heavy atom. The van der Waals surface area contributed by atoms with Crippen LogP contribution >= 0.6 is 35.0 Å². The first-order chi connectivity index (χ1) is 20.9. The lowest BCUT2D eigenvalue weighted by Gasteiger charge is -2.15. The Balaban J connectivity index is 1.52. The minimum atomic E-state index is -1.73. The van der Waals surface area contributed by atoms with Gasteiger partial charge >= 0.3 is 0 Å². The van der Waals surface area contributed by atoms with Gasteiger partial charge in [0.25, 0.3) is 11.8 Å². The van der Waals surface area contributed by atoms with Crippen molar-refractivity contribution in [1.82, 2.24) is 5.32 Å². The third-order valence-corrected chi connectivity index (χ3v) is 7.87. The SMILES string of the molecule is CC(Sc1cccc(NC(=O)/C(=C\c2cccc(Cl)c2Cl)NC(=O)c2ccccc2)c1)C(=O)Nc1c(F)c(F)cc(F)c1F. The van der Waals surface area contributed by atoms with E-state index in [0.29, 0.717) is 16.0 Å². The highest BCUT2D eigenvalue weighted by molar-refractivity contribution is 8.00. The minimum absolute atomic E-state index is 0.0373. The van der Waals surface area contributed by atoms with Crippen LogP contribution in [-0.2, 0) is 9.59 Å². The van der Waals surface area contributed by atoms with Gasteiger partial charge in [-0.2, -0.15) is 0 Å². The van der Waals surface area contributed by atoms with Gasteiger partial charge < -0.3 is 16.0 Å². The summed E-state index contributed by atoms with van der Waals surface area (Å²) >= 11 is 13.4. The molecular weight excluding hydrogens is 641 g/mol. The fraction of sp³-hybridized carbons (Fsp3) is 0.0645. The summed E-state index contributed by atoms with van der Waals surface area (Å²) in [5, 5.41) is 6.55. The molecule has 0 aliphatic rings. The predicted octanol–water partition coefficient (Wildman–Crippen LogP) is 8.08. The maximum atomic E-state index is 14.0. The molecule has 4 aromatic carbocycles. The van der Waals surface area contributed by atoms with E-state index in [9.17, 15) is 31.9 Å². The van der Waals surface area contributed by atoms with Gasteiger partial charge in [0.05, 0.1) is 15.3 Å². The lowest BCUT2D eigenvalue weighted by molar-refractivity contribution is -0.115. The summed E-state index contributed by atoms with van der Waals surface area (Å²) in [6.07, 6.45) is 1.36. The maximum absolute atomic E-state index is 14.0. The second kappa shape index (κ2) is 14.4. The molecule has 0 spiro atoms. The minimum Gasteiger partial charge on any atom is -0.321 e. The highest BCUT2D eigenvalue weighted by atomic mass is 35.5. The van der Waals surface area contributed by atoms with E-state index in [1.54, 1.807) is 66.7 Å². The van der Waals surface area contributed by atoms with Crippen LogP contribution in [0, 0.1) is 23.3 Å². The summed E-state index contributed by atoms with van der Waals surface area (Å²) < 4.78 is 55.1. The molecule has 44 heavy (non-hydrogen) atoms. The quantitative estimate of drug-likeness (QED) is 0.0733. The smallest absolute Gasteiger partial charge is 0.272 e. The Morgan fingerprint density at radius 2 is 1.48 bits per heavy atom. The van der Waals surface area contributed by atoms with Crippen LogP contribution in [0.3, 0.4) is 0 Å². The van der Waals surface area contributed by atoms with E-state index >= 15 is 0 Å². The van der Waals surface area contributed by atoms with Crippen LogP contribution in [0.2, 0.25) is 10.0 Å². The van der Waals surface area contributed by atoms with Crippen molar-refractivity contribution >= 4 is 70.1 Å². The lowest BCUT2D eigenvalue weighted by atomic mass is 10.1. The fourth-order valence-corrected chi connectivity index (χ4v) is 5.03. The van der Waals surface area contributed by atoms with Crippen molar-refractivity contribution in [2.75, 3.05) is 10.6 Å². The Labute approximate surface area is 263 Å². The molecule has 1 unspecified atom stereocenters. The molecule has 0 bridgehead atoms. The van der Waals surface area contributed by atoms with Gasteiger partial charge in [-0.25, -0.2) is 17.6 Å². The highest BCUT2D eigenvalue weighted by Gasteiger charge is 2.24. The molecule has 13 heteroatoms. The summed E-state index contributed by atoms with van der Waals surface area (Å²) in [5.74, 6) is -8.98. The average molecular weight is 662 g/mol. The van der Waals surface area contributed by atoms with Crippen LogP contribution < -0.4 is 16.0 Å². The van der Waals surface area contributed by atoms with Crippen molar-refractivity contribution in [3.63, 3.8) is 0 Å². The Kier molecular flexibility index (Phi) is 10.7. The number of amides is 3. The van der Waals surface area contributed by atoms with E-state index < -0.39 is 51.9 Å². The van der Waals surface area contributed by atoms with Gasteiger partial charge in [0, 0.05) is 22.2 Å². The number of hydrogen-bond donors (Lipinski definition) is 3. The number of thioether (sulfide) groups is 1. The molecule has 0 aromatic heterocycles. The zero-order chi connectivity index (χ0) is 32.0. The molecule has 6 nitrogen and oxygen atoms in total. The molecular formula is C31H21Cl2F4N3O3S. The number of hydrogen-bond acceptors (Lipinski definition) is 4. The zero-order valence-electron chi connectivity index (χ0n) is 22.6. The summed E-state index contributed by atoms with van der Waals surface area (Å²) in [5.41, 5.74) is -0.450. The number of rotatable bonds is 9. The summed E-state index contributed by atoms with van der Waals surface area (Å²) in [6.45, 7) is 1.41. The second-order valence-electron chi connectivity index (χ2n) is 9.10. The van der Waals surface area contributed by atoms with Crippen LogP contribution in [-0.4, -0.2) is 23.0 Å². The predicted molar refractivity (Wildman–Crippen MR) is 164 cm³/mol. The maximum Gasteiger partial charge on any atom is 0.272 e. The Bertz CT molecular complexity index is 1750. The molecule has 226 valence electrons. The van der Waals surface area contributed by atoms with Crippen LogP contribution in [0.4, 0.5) is 28.9 Å². The van der Waals surface area contributed by atoms with Gasteiger partial charge in [0.15, 0.2) is 23.3 Å². The molecule has 3 N–H and O–H groups in total. The van der Waals surface area contributed by atoms with E-state index in [1.165, 1.54) is 19.1 Å². The van der Waals surface area contributed by atoms with Crippen LogP contribution in [0.5, 0.6) is 0 Å². The van der Waals surface area contributed by atoms with Crippen molar-refractivity contribution in [2.45, 2.75) is 17.1 Å². The molecule has 4 aromatic rings. The van der Waals surface area contributed by atoms with E-state index in [1.807, 2.05) is 5.32 Å². The molecule has 0 heterocycles. The highest BCUT2D eigenvalue weighted by Crippen LogP contribution is 2.30. The first kappa shape index (κ1) is 32.6. The van der Waals surface area contributed by atoms with Gasteiger partial charge in [-0.15, -0.1) is 11.8 Å². The van der Waals surface area contributed by atoms with E-state index in [4.69, 9.17) is 23.2 Å². The molecule has 1 atom stereocenters. The molecule has 0 radical (unpaired) electrons. The van der Waals surface area contributed by atoms with E-state index in [-0.39, 0.29) is 27.5 Å². The topological polar surface area (TPSA) is 87.3 Å². The van der Waals surface area contributed by atoms with Crippen LogP contribution in [0.1, 0.15) is 22.8 Å². The normalized spacial score (nSPS) is 11.9. The number of anilines is 2. The van der Waals surface area contributed by atoms with Crippen LogP contribution in [0.15, 0.2) is 89.5 Å². The molecule has 4 rings (SSSR count). The number of nitrogens with one attached hydrogen (secondary N) is 3. The first-order valence-electron chi connectivity index (χ1n) is 12.7. The third kappa shape index (κ3) is 7.98. The number of carbonyl (C=O) groups is 3. The second-order valence-corrected chi connectivity index (χ2v) is 11.3. The molecule has 0 aliphatic carbocycles. The van der Waals surface area contributed by atoms with Gasteiger partial charge in [-0.3, -0.25) is 14.4 Å². The van der Waals surface area contributed by atoms with Gasteiger partial charge in [-0.1, -0.05) is 59.6 Å². The van der Waals surface area contributed by atoms with Crippen LogP contribution in [0.25, 0.3) is 6.08 Å². The molecule has 0 aliphatic heterocycles. The number of benzene rings is 4. The summed E-state index contributed by atoms with van der Waals surface area (Å²) in [6, 6.07) is 19.3. The van der Waals surface area contributed by atoms with Crippen molar-refractivity contribution in [3.05, 3.63) is 129 Å². The third-order valence-electron chi connectivity index (χ3n) is 5.94. The van der Waals surface area contributed by atoms with Gasteiger partial charge in [0.1, 0.15) is 11.4 Å². The van der Waals surface area contributed by atoms with Gasteiger partial charge in [0.2, 0.25) is 5.91 Å². The lowest BCUT2D eigenvalue weighted by Crippen LogP contribution is -2.30. The van der Waals surface area contributed by atoms with Crippen molar-refractivity contribution < 1.29 is 31.9 Å². The number of carbonyl (C=O) groups excluding carboxylic acids is 3. The fourth-order valence-electron chi connectivity index (χ4n) is 3.74. The van der Waals surface area contributed by atoms with Gasteiger partial charge in [-0.05, 0) is 55.0 Å². The average Bonchev–Trinajstić information content (AvgIpc) is 3.00. The van der Waals surface area contributed by atoms with E-state index in [2.05, 4.69) is 10.6 Å². The van der Waals surface area contributed by atoms with Crippen molar-refractivity contribution in [2.24, 2.45) is 0 Å². The zero-order valence-corrected chi connectivity index (χ0v) is 24.9. The van der Waals surface area contributed by atoms with Crippen molar-refractivity contribution in [1.29, 1.82) is 0 Å². The summed E-state index contributed by atoms with van der Waals surface area (Å²) in [7, 11) is 0. The number of halogens is 6. The standard InChI is InChI=1S/C31H21Cl2F4N3O3S/c1-16(29(41)40-28-26(36)22(34)15-23(35)27(28)37)44-20-11-6-10-19(14-20)38-31(43)24(13-18-9-5-12-21(32)25(18)33)39-30(42)17-7-3-2-4-8-17/h2-16H,1H3,(H,38,43)(H,39,42)(H,40,41)/b24-13+. The Hall–Kier alpha value is -4.32.